The van der Waals surface area contributed by atoms with E-state index < -0.39 is 0 Å². The van der Waals surface area contributed by atoms with Crippen LogP contribution in [0.2, 0.25) is 0 Å². The van der Waals surface area contributed by atoms with Crippen LogP contribution in [0.15, 0.2) is 60.7 Å². The van der Waals surface area contributed by atoms with E-state index in [0.717, 1.165) is 32.6 Å². The Hall–Kier alpha value is -1.64. The summed E-state index contributed by atoms with van der Waals surface area (Å²) in [5.74, 6) is 0. The smallest absolute Gasteiger partial charge is 0.0237 e. The number of hydrogen-bond donors (Lipinski definition) is 1. The molecule has 0 aliphatic carbocycles. The van der Waals surface area contributed by atoms with Crippen molar-refractivity contribution >= 4 is 0 Å². The Morgan fingerprint density at radius 3 is 1.67 bits per heavy atom. The Morgan fingerprint density at radius 2 is 1.19 bits per heavy atom. The van der Waals surface area contributed by atoms with Crippen molar-refractivity contribution in [2.45, 2.75) is 32.4 Å². The van der Waals surface area contributed by atoms with E-state index in [1.54, 1.807) is 0 Å². The normalized spacial score (nSPS) is 11.0. The molecule has 112 valence electrons. The van der Waals surface area contributed by atoms with Crippen molar-refractivity contribution in [1.82, 2.24) is 4.90 Å². The lowest BCUT2D eigenvalue weighted by Gasteiger charge is -2.22. The van der Waals surface area contributed by atoms with E-state index in [-0.39, 0.29) is 0 Å². The molecule has 0 saturated carbocycles. The molecule has 21 heavy (non-hydrogen) atoms. The van der Waals surface area contributed by atoms with Gasteiger partial charge in [-0.1, -0.05) is 67.1 Å². The van der Waals surface area contributed by atoms with Gasteiger partial charge in [0.1, 0.15) is 0 Å². The molecule has 2 aromatic carbocycles. The summed E-state index contributed by atoms with van der Waals surface area (Å²) in [6, 6.07) is 21.4. The first-order valence-corrected chi connectivity index (χ1v) is 7.89. The molecule has 0 radical (unpaired) electrons. The second-order valence-electron chi connectivity index (χ2n) is 5.53. The SMILES string of the molecule is NCCCCCN(Cc1ccccc1)Cc1ccccc1. The lowest BCUT2D eigenvalue weighted by Crippen LogP contribution is -2.24. The number of benzene rings is 2. The molecule has 0 aliphatic heterocycles. The molecular formula is C19H26N2. The highest BCUT2D eigenvalue weighted by Gasteiger charge is 2.06. The van der Waals surface area contributed by atoms with Crippen LogP contribution in [-0.2, 0) is 13.1 Å². The molecule has 2 N–H and O–H groups in total. The number of nitrogens with two attached hydrogens (primary N) is 1. The van der Waals surface area contributed by atoms with E-state index in [0.29, 0.717) is 0 Å². The van der Waals surface area contributed by atoms with Crippen LogP contribution in [0.1, 0.15) is 30.4 Å². The highest BCUT2D eigenvalue weighted by atomic mass is 15.1. The van der Waals surface area contributed by atoms with Gasteiger partial charge in [0.15, 0.2) is 0 Å². The van der Waals surface area contributed by atoms with E-state index in [4.69, 9.17) is 5.73 Å². The fourth-order valence-corrected chi connectivity index (χ4v) is 2.55. The molecule has 2 heteroatoms. The van der Waals surface area contributed by atoms with Crippen molar-refractivity contribution in [1.29, 1.82) is 0 Å². The first-order chi connectivity index (χ1) is 10.4. The van der Waals surface area contributed by atoms with Gasteiger partial charge in [-0.05, 0) is 37.1 Å². The van der Waals surface area contributed by atoms with Gasteiger partial charge in [0.25, 0.3) is 0 Å². The Kier molecular flexibility index (Phi) is 6.99. The minimum absolute atomic E-state index is 0.803. The van der Waals surface area contributed by atoms with Crippen LogP contribution in [-0.4, -0.2) is 18.0 Å². The van der Waals surface area contributed by atoms with E-state index >= 15 is 0 Å². The molecule has 0 aromatic heterocycles. The van der Waals surface area contributed by atoms with Gasteiger partial charge in [-0.3, -0.25) is 4.90 Å². The standard InChI is InChI=1S/C19H26N2/c20-14-8-3-9-15-21(16-18-10-4-1-5-11-18)17-19-12-6-2-7-13-19/h1-2,4-7,10-13H,3,8-9,14-17,20H2. The third-order valence-corrected chi connectivity index (χ3v) is 3.68. The van der Waals surface area contributed by atoms with Gasteiger partial charge >= 0.3 is 0 Å². The Morgan fingerprint density at radius 1 is 0.667 bits per heavy atom. The zero-order valence-corrected chi connectivity index (χ0v) is 12.7. The fourth-order valence-electron chi connectivity index (χ4n) is 2.55. The maximum atomic E-state index is 5.58. The average molecular weight is 282 g/mol. The summed E-state index contributed by atoms with van der Waals surface area (Å²) >= 11 is 0. The summed E-state index contributed by atoms with van der Waals surface area (Å²) in [6.07, 6.45) is 3.57. The van der Waals surface area contributed by atoms with Crippen molar-refractivity contribution in [3.63, 3.8) is 0 Å². The maximum absolute atomic E-state index is 5.58. The Bertz CT molecular complexity index is 440. The average Bonchev–Trinajstić information content (AvgIpc) is 2.53. The molecule has 2 rings (SSSR count). The van der Waals surface area contributed by atoms with Crippen LogP contribution in [0.25, 0.3) is 0 Å². The second-order valence-corrected chi connectivity index (χ2v) is 5.53. The minimum Gasteiger partial charge on any atom is -0.330 e. The molecule has 0 aliphatic rings. The predicted octanol–water partition coefficient (Wildman–Crippen LogP) is 3.82. The summed E-state index contributed by atoms with van der Waals surface area (Å²) in [7, 11) is 0. The van der Waals surface area contributed by atoms with Crippen LogP contribution in [0.4, 0.5) is 0 Å². The first-order valence-electron chi connectivity index (χ1n) is 7.89. The molecule has 0 bridgehead atoms. The van der Waals surface area contributed by atoms with Crippen molar-refractivity contribution in [3.8, 4) is 0 Å². The number of rotatable bonds is 9. The first kappa shape index (κ1) is 15.7. The van der Waals surface area contributed by atoms with Crippen LogP contribution in [0.3, 0.4) is 0 Å². The fraction of sp³-hybridized carbons (Fsp3) is 0.368. The van der Waals surface area contributed by atoms with Crippen LogP contribution in [0, 0.1) is 0 Å². The highest BCUT2D eigenvalue weighted by Crippen LogP contribution is 2.11. The van der Waals surface area contributed by atoms with Gasteiger partial charge in [0, 0.05) is 13.1 Å². The van der Waals surface area contributed by atoms with E-state index in [9.17, 15) is 0 Å². The largest absolute Gasteiger partial charge is 0.330 e. The summed E-state index contributed by atoms with van der Waals surface area (Å²) in [5, 5.41) is 0. The summed E-state index contributed by atoms with van der Waals surface area (Å²) in [5.41, 5.74) is 8.34. The summed E-state index contributed by atoms with van der Waals surface area (Å²) in [6.45, 7) is 3.96. The highest BCUT2D eigenvalue weighted by molar-refractivity contribution is 5.17. The molecule has 2 nitrogen and oxygen atoms in total. The van der Waals surface area contributed by atoms with Gasteiger partial charge in [-0.15, -0.1) is 0 Å². The van der Waals surface area contributed by atoms with Crippen LogP contribution in [0.5, 0.6) is 0 Å². The summed E-state index contributed by atoms with van der Waals surface area (Å²) in [4.78, 5) is 2.53. The quantitative estimate of drug-likeness (QED) is 0.708. The minimum atomic E-state index is 0.803. The molecule has 2 aromatic rings. The van der Waals surface area contributed by atoms with Crippen molar-refractivity contribution in [3.05, 3.63) is 71.8 Å². The van der Waals surface area contributed by atoms with Crippen LogP contribution >= 0.6 is 0 Å². The van der Waals surface area contributed by atoms with E-state index in [2.05, 4.69) is 65.6 Å². The van der Waals surface area contributed by atoms with Crippen LogP contribution < -0.4 is 5.73 Å². The lowest BCUT2D eigenvalue weighted by molar-refractivity contribution is 0.250. The van der Waals surface area contributed by atoms with E-state index in [1.807, 2.05) is 0 Å². The zero-order valence-electron chi connectivity index (χ0n) is 12.7. The third-order valence-electron chi connectivity index (χ3n) is 3.68. The third kappa shape index (κ3) is 6.11. The molecule has 0 atom stereocenters. The molecule has 0 spiro atoms. The summed E-state index contributed by atoms with van der Waals surface area (Å²) < 4.78 is 0. The Balaban J connectivity index is 1.93. The van der Waals surface area contributed by atoms with Gasteiger partial charge in [-0.2, -0.15) is 0 Å². The van der Waals surface area contributed by atoms with Gasteiger partial charge < -0.3 is 5.73 Å². The number of unbranched alkanes of at least 4 members (excludes halogenated alkanes) is 2. The Labute approximate surface area is 128 Å². The van der Waals surface area contributed by atoms with Gasteiger partial charge in [-0.25, -0.2) is 0 Å². The zero-order chi connectivity index (χ0) is 14.8. The number of nitrogens with zero attached hydrogens (tertiary/aromatic N) is 1. The maximum Gasteiger partial charge on any atom is 0.0237 e. The molecule has 0 heterocycles. The van der Waals surface area contributed by atoms with Crippen molar-refractivity contribution in [2.24, 2.45) is 5.73 Å². The topological polar surface area (TPSA) is 29.3 Å². The van der Waals surface area contributed by atoms with E-state index in [1.165, 1.54) is 24.0 Å². The van der Waals surface area contributed by atoms with Crippen molar-refractivity contribution in [2.75, 3.05) is 13.1 Å². The predicted molar refractivity (Wildman–Crippen MR) is 89.9 cm³/mol. The monoisotopic (exact) mass is 282 g/mol. The lowest BCUT2D eigenvalue weighted by atomic mass is 10.1. The number of hydrogen-bond acceptors (Lipinski definition) is 2. The molecule has 0 fully saturated rings. The van der Waals surface area contributed by atoms with Gasteiger partial charge in [0.05, 0.1) is 0 Å². The molecule has 0 saturated heterocycles. The molecular weight excluding hydrogens is 256 g/mol. The molecule has 0 unspecified atom stereocenters. The molecule has 0 amide bonds. The second kappa shape index (κ2) is 9.32. The van der Waals surface area contributed by atoms with Crippen molar-refractivity contribution < 1.29 is 0 Å². The van der Waals surface area contributed by atoms with Gasteiger partial charge in [0.2, 0.25) is 0 Å².